The van der Waals surface area contributed by atoms with Gasteiger partial charge in [0.2, 0.25) is 5.95 Å². The van der Waals surface area contributed by atoms with E-state index in [4.69, 9.17) is 4.74 Å². The van der Waals surface area contributed by atoms with Crippen molar-refractivity contribution < 1.29 is 13.2 Å². The van der Waals surface area contributed by atoms with Gasteiger partial charge in [-0.3, -0.25) is 4.98 Å². The number of fused-ring (bicyclic) bond motifs is 1. The summed E-state index contributed by atoms with van der Waals surface area (Å²) >= 11 is 0. The molecular formula is C23H25N7O3S. The molecule has 4 heterocycles. The fourth-order valence-electron chi connectivity index (χ4n) is 3.86. The number of nitrogens with zero attached hydrogens (tertiary/aromatic N) is 6. The number of nitrogens with one attached hydrogen (secondary N) is 1. The number of hydrogen-bond acceptors (Lipinski definition) is 9. The smallest absolute Gasteiger partial charge is 0.271 e. The van der Waals surface area contributed by atoms with Crippen LogP contribution in [0, 0.1) is 0 Å². The van der Waals surface area contributed by atoms with E-state index in [2.05, 4.69) is 49.2 Å². The van der Waals surface area contributed by atoms with Crippen molar-refractivity contribution in [3.63, 3.8) is 0 Å². The van der Waals surface area contributed by atoms with Gasteiger partial charge in [-0.2, -0.15) is 4.98 Å². The fourth-order valence-corrected chi connectivity index (χ4v) is 5.14. The second-order valence-electron chi connectivity index (χ2n) is 8.11. The third kappa shape index (κ3) is 4.27. The first-order valence-electron chi connectivity index (χ1n) is 10.8. The van der Waals surface area contributed by atoms with E-state index >= 15 is 0 Å². The summed E-state index contributed by atoms with van der Waals surface area (Å²) in [5.41, 5.74) is 2.26. The second kappa shape index (κ2) is 8.92. The van der Waals surface area contributed by atoms with E-state index in [0.29, 0.717) is 17.1 Å². The Morgan fingerprint density at radius 1 is 1.00 bits per heavy atom. The quantitative estimate of drug-likeness (QED) is 0.447. The molecule has 1 saturated heterocycles. The number of likely N-dealkylation sites (N-methyl/N-ethyl adjacent to an activating group) is 1. The van der Waals surface area contributed by atoms with Crippen molar-refractivity contribution in [3.8, 4) is 5.75 Å². The number of rotatable bonds is 6. The topological polar surface area (TPSA) is 105 Å². The summed E-state index contributed by atoms with van der Waals surface area (Å²) in [6.07, 6.45) is 5.79. The molecule has 1 aromatic carbocycles. The van der Waals surface area contributed by atoms with Crippen molar-refractivity contribution in [2.45, 2.75) is 4.90 Å². The molecule has 0 radical (unpaired) electrons. The largest absolute Gasteiger partial charge is 0.495 e. The Morgan fingerprint density at radius 2 is 1.76 bits per heavy atom. The molecule has 1 fully saturated rings. The van der Waals surface area contributed by atoms with E-state index in [9.17, 15) is 8.42 Å². The van der Waals surface area contributed by atoms with Crippen LogP contribution in [0.1, 0.15) is 0 Å². The second-order valence-corrected chi connectivity index (χ2v) is 9.93. The SMILES string of the molecule is COc1cncc(S(=O)(=O)n2ccc3cnc(Nc4ccc(N5CCN(C)CC5)cc4)nc32)c1. The standard InChI is InChI=1S/C23H25N7O3S/c1-28-9-11-29(12-10-28)19-5-3-18(4-6-19)26-23-25-14-17-7-8-30(22(17)27-23)34(31,32)21-13-20(33-2)15-24-16-21/h3-8,13-16H,9-12H2,1-2H3,(H,25,26,27). The highest BCUT2D eigenvalue weighted by Gasteiger charge is 2.21. The molecule has 0 aliphatic carbocycles. The summed E-state index contributed by atoms with van der Waals surface area (Å²) in [5, 5.41) is 3.78. The number of methoxy groups -OCH3 is 1. The summed E-state index contributed by atoms with van der Waals surface area (Å²) < 4.78 is 32.7. The zero-order valence-electron chi connectivity index (χ0n) is 18.9. The highest BCUT2D eigenvalue weighted by atomic mass is 32.2. The normalized spacial score (nSPS) is 14.9. The van der Waals surface area contributed by atoms with Crippen molar-refractivity contribution in [1.29, 1.82) is 0 Å². The van der Waals surface area contributed by atoms with Gasteiger partial charge in [-0.25, -0.2) is 17.4 Å². The molecule has 0 saturated carbocycles. The Kier molecular flexibility index (Phi) is 5.80. The van der Waals surface area contributed by atoms with E-state index in [1.54, 1.807) is 12.3 Å². The predicted octanol–water partition coefficient (Wildman–Crippen LogP) is 2.57. The monoisotopic (exact) mass is 479 g/mol. The first kappa shape index (κ1) is 22.1. The van der Waals surface area contributed by atoms with E-state index in [1.165, 1.54) is 37.5 Å². The summed E-state index contributed by atoms with van der Waals surface area (Å²) in [5.74, 6) is 0.660. The van der Waals surface area contributed by atoms with Gasteiger partial charge in [0.05, 0.1) is 13.3 Å². The average Bonchev–Trinajstić information content (AvgIpc) is 3.29. The van der Waals surface area contributed by atoms with Crippen LogP contribution >= 0.6 is 0 Å². The van der Waals surface area contributed by atoms with Gasteiger partial charge in [-0.15, -0.1) is 0 Å². The molecule has 0 unspecified atom stereocenters. The Morgan fingerprint density at radius 3 is 2.50 bits per heavy atom. The highest BCUT2D eigenvalue weighted by molar-refractivity contribution is 7.90. The molecule has 11 heteroatoms. The molecule has 0 bridgehead atoms. The zero-order valence-corrected chi connectivity index (χ0v) is 19.7. The van der Waals surface area contributed by atoms with Gasteiger partial charge in [0.15, 0.2) is 5.65 Å². The Labute approximate surface area is 197 Å². The molecule has 176 valence electrons. The Balaban J connectivity index is 1.40. The molecule has 0 amide bonds. The molecule has 1 aliphatic heterocycles. The van der Waals surface area contributed by atoms with Crippen molar-refractivity contribution >= 4 is 38.4 Å². The van der Waals surface area contributed by atoms with Gasteiger partial charge in [-0.1, -0.05) is 0 Å². The van der Waals surface area contributed by atoms with Crippen molar-refractivity contribution in [2.24, 2.45) is 0 Å². The van der Waals surface area contributed by atoms with Gasteiger partial charge in [0.1, 0.15) is 10.6 Å². The number of pyridine rings is 1. The lowest BCUT2D eigenvalue weighted by Crippen LogP contribution is -2.44. The molecular weight excluding hydrogens is 454 g/mol. The van der Waals surface area contributed by atoms with Gasteiger partial charge in [-0.05, 0) is 37.4 Å². The van der Waals surface area contributed by atoms with Gasteiger partial charge >= 0.3 is 0 Å². The average molecular weight is 480 g/mol. The molecule has 1 aliphatic rings. The molecule has 3 aromatic heterocycles. The first-order chi connectivity index (χ1) is 16.4. The lowest BCUT2D eigenvalue weighted by Gasteiger charge is -2.34. The highest BCUT2D eigenvalue weighted by Crippen LogP contribution is 2.25. The van der Waals surface area contributed by atoms with Crippen LogP contribution in [-0.4, -0.2) is 72.6 Å². The summed E-state index contributed by atoms with van der Waals surface area (Å²) in [7, 11) is -0.324. The molecule has 4 aromatic rings. The molecule has 10 nitrogen and oxygen atoms in total. The molecule has 0 atom stereocenters. The Bertz CT molecular complexity index is 1410. The third-order valence-corrected chi connectivity index (χ3v) is 7.50. The maximum atomic E-state index is 13.2. The third-order valence-electron chi connectivity index (χ3n) is 5.87. The van der Waals surface area contributed by atoms with E-state index in [0.717, 1.165) is 35.8 Å². The van der Waals surface area contributed by atoms with Crippen LogP contribution in [0.25, 0.3) is 11.0 Å². The molecule has 5 rings (SSSR count). The van der Waals surface area contributed by atoms with E-state index in [-0.39, 0.29) is 10.5 Å². The fraction of sp³-hybridized carbons (Fsp3) is 0.261. The van der Waals surface area contributed by atoms with Crippen molar-refractivity contribution in [2.75, 3.05) is 50.6 Å². The zero-order chi connectivity index (χ0) is 23.7. The number of aromatic nitrogens is 4. The summed E-state index contributed by atoms with van der Waals surface area (Å²) in [6.45, 7) is 4.08. The van der Waals surface area contributed by atoms with Crippen LogP contribution < -0.4 is 15.0 Å². The van der Waals surface area contributed by atoms with Crippen LogP contribution in [-0.2, 0) is 10.0 Å². The van der Waals surface area contributed by atoms with E-state index < -0.39 is 10.0 Å². The van der Waals surface area contributed by atoms with Crippen molar-refractivity contribution in [3.05, 3.63) is 61.2 Å². The molecule has 1 N–H and O–H groups in total. The van der Waals surface area contributed by atoms with Gasteiger partial charge in [0.25, 0.3) is 10.0 Å². The molecule has 0 spiro atoms. The lowest BCUT2D eigenvalue weighted by molar-refractivity contribution is 0.313. The maximum absolute atomic E-state index is 13.2. The predicted molar refractivity (Wildman–Crippen MR) is 130 cm³/mol. The minimum atomic E-state index is -3.92. The number of hydrogen-bond donors (Lipinski definition) is 1. The number of benzene rings is 1. The van der Waals surface area contributed by atoms with Crippen LogP contribution in [0.3, 0.4) is 0 Å². The van der Waals surface area contributed by atoms with Crippen LogP contribution in [0.4, 0.5) is 17.3 Å². The first-order valence-corrected chi connectivity index (χ1v) is 12.3. The lowest BCUT2D eigenvalue weighted by atomic mass is 10.2. The van der Waals surface area contributed by atoms with Crippen LogP contribution in [0.15, 0.2) is 66.1 Å². The van der Waals surface area contributed by atoms with Crippen LogP contribution in [0.5, 0.6) is 5.75 Å². The molecule has 34 heavy (non-hydrogen) atoms. The van der Waals surface area contributed by atoms with E-state index in [1.807, 2.05) is 12.1 Å². The van der Waals surface area contributed by atoms with Gasteiger partial charge in [0, 0.05) is 67.6 Å². The minimum Gasteiger partial charge on any atom is -0.495 e. The number of ether oxygens (including phenoxy) is 1. The maximum Gasteiger partial charge on any atom is 0.271 e. The minimum absolute atomic E-state index is 0.0111. The summed E-state index contributed by atoms with van der Waals surface area (Å²) in [4.78, 5) is 17.5. The van der Waals surface area contributed by atoms with Gasteiger partial charge < -0.3 is 19.9 Å². The number of anilines is 3. The van der Waals surface area contributed by atoms with Crippen molar-refractivity contribution in [1.82, 2.24) is 23.8 Å². The summed E-state index contributed by atoms with van der Waals surface area (Å²) in [6, 6.07) is 11.2. The van der Waals surface area contributed by atoms with Crippen LogP contribution in [0.2, 0.25) is 0 Å². The Hall–Kier alpha value is -3.70. The number of piperazine rings is 1.